The van der Waals surface area contributed by atoms with Crippen molar-refractivity contribution in [3.05, 3.63) is 53.3 Å². The van der Waals surface area contributed by atoms with E-state index in [2.05, 4.69) is 4.98 Å². The molecule has 1 heterocycles. The number of aromatic carboxylic acids is 1. The van der Waals surface area contributed by atoms with Crippen LogP contribution in [0.5, 0.6) is 11.5 Å². The molecule has 0 bridgehead atoms. The summed E-state index contributed by atoms with van der Waals surface area (Å²) in [6, 6.07) is 10.2. The Morgan fingerprint density at radius 1 is 1.38 bits per heavy atom. The molecule has 2 rings (SSSR count). The van der Waals surface area contributed by atoms with Crippen LogP contribution in [-0.4, -0.2) is 23.2 Å². The lowest BCUT2D eigenvalue weighted by Gasteiger charge is -2.10. The fraction of sp³-hybridized carbons (Fsp3) is 0.133. The zero-order valence-corrected chi connectivity index (χ0v) is 11.2. The van der Waals surface area contributed by atoms with E-state index in [1.807, 2.05) is 6.07 Å². The molecule has 1 aromatic heterocycles. The second kappa shape index (κ2) is 6.39. The van der Waals surface area contributed by atoms with Gasteiger partial charge in [-0.2, -0.15) is 5.26 Å². The maximum atomic E-state index is 11.0. The van der Waals surface area contributed by atoms with Crippen molar-refractivity contribution in [3.63, 3.8) is 0 Å². The topological polar surface area (TPSA) is 92.4 Å². The van der Waals surface area contributed by atoms with E-state index in [1.54, 1.807) is 24.3 Å². The maximum absolute atomic E-state index is 11.0. The third kappa shape index (κ3) is 3.28. The van der Waals surface area contributed by atoms with Gasteiger partial charge in [0, 0.05) is 6.20 Å². The first kappa shape index (κ1) is 14.3. The lowest BCUT2D eigenvalue weighted by Crippen LogP contribution is -2.05. The monoisotopic (exact) mass is 284 g/mol. The molecule has 1 N–H and O–H groups in total. The number of ether oxygens (including phenoxy) is 2. The van der Waals surface area contributed by atoms with Crippen LogP contribution in [0.1, 0.15) is 21.6 Å². The summed E-state index contributed by atoms with van der Waals surface area (Å²) in [6.07, 6.45) is 1.39. The summed E-state index contributed by atoms with van der Waals surface area (Å²) in [4.78, 5) is 14.8. The van der Waals surface area contributed by atoms with Gasteiger partial charge in [-0.25, -0.2) is 9.78 Å². The van der Waals surface area contributed by atoms with E-state index < -0.39 is 5.97 Å². The molecule has 6 nitrogen and oxygen atoms in total. The number of methoxy groups -OCH3 is 1. The van der Waals surface area contributed by atoms with Gasteiger partial charge in [0.1, 0.15) is 18.4 Å². The lowest BCUT2D eigenvalue weighted by atomic mass is 10.1. The van der Waals surface area contributed by atoms with E-state index in [9.17, 15) is 4.79 Å². The van der Waals surface area contributed by atoms with E-state index in [0.29, 0.717) is 11.3 Å². The highest BCUT2D eigenvalue weighted by atomic mass is 16.5. The average molecular weight is 284 g/mol. The zero-order valence-electron chi connectivity index (χ0n) is 11.2. The van der Waals surface area contributed by atoms with Crippen molar-refractivity contribution in [2.24, 2.45) is 0 Å². The standard InChI is InChI=1S/C15H12N2O4/c1-20-13-7-10(4-5-11(13)8-16)9-21-12-3-2-6-17-14(12)15(18)19/h2-7H,9H2,1H3,(H,18,19). The molecule has 0 aliphatic rings. The van der Waals surface area contributed by atoms with Crippen molar-refractivity contribution in [3.8, 4) is 17.6 Å². The van der Waals surface area contributed by atoms with E-state index in [1.165, 1.54) is 19.4 Å². The minimum atomic E-state index is -1.15. The Morgan fingerprint density at radius 3 is 2.86 bits per heavy atom. The molecule has 0 fully saturated rings. The summed E-state index contributed by atoms with van der Waals surface area (Å²) in [5, 5.41) is 17.9. The first-order valence-corrected chi connectivity index (χ1v) is 6.04. The largest absolute Gasteiger partial charge is 0.495 e. The van der Waals surface area contributed by atoms with Gasteiger partial charge in [-0.1, -0.05) is 6.07 Å². The van der Waals surface area contributed by atoms with E-state index >= 15 is 0 Å². The van der Waals surface area contributed by atoms with Crippen LogP contribution in [0.15, 0.2) is 36.5 Å². The highest BCUT2D eigenvalue weighted by molar-refractivity contribution is 5.88. The van der Waals surface area contributed by atoms with E-state index in [-0.39, 0.29) is 18.1 Å². The third-order valence-corrected chi connectivity index (χ3v) is 2.75. The van der Waals surface area contributed by atoms with Crippen LogP contribution in [0.3, 0.4) is 0 Å². The second-order valence-corrected chi connectivity index (χ2v) is 4.09. The highest BCUT2D eigenvalue weighted by Gasteiger charge is 2.12. The molecule has 0 aliphatic heterocycles. The maximum Gasteiger partial charge on any atom is 0.358 e. The minimum Gasteiger partial charge on any atom is -0.495 e. The molecule has 0 spiro atoms. The molecule has 0 atom stereocenters. The zero-order chi connectivity index (χ0) is 15.2. The Labute approximate surface area is 121 Å². The number of nitriles is 1. The van der Waals surface area contributed by atoms with Gasteiger partial charge in [-0.3, -0.25) is 0 Å². The van der Waals surface area contributed by atoms with Crippen LogP contribution in [0.25, 0.3) is 0 Å². The number of pyridine rings is 1. The molecular weight excluding hydrogens is 272 g/mol. The van der Waals surface area contributed by atoms with Crippen LogP contribution in [-0.2, 0) is 6.61 Å². The molecular formula is C15H12N2O4. The van der Waals surface area contributed by atoms with E-state index in [4.69, 9.17) is 19.8 Å². The first-order valence-electron chi connectivity index (χ1n) is 6.04. The molecule has 0 aliphatic carbocycles. The van der Waals surface area contributed by atoms with Crippen LogP contribution in [0, 0.1) is 11.3 Å². The number of carbonyl (C=O) groups is 1. The van der Waals surface area contributed by atoms with Crippen molar-refractivity contribution in [1.82, 2.24) is 4.98 Å². The molecule has 106 valence electrons. The Balaban J connectivity index is 2.18. The van der Waals surface area contributed by atoms with Gasteiger partial charge in [0.25, 0.3) is 0 Å². The Morgan fingerprint density at radius 2 is 2.19 bits per heavy atom. The van der Waals surface area contributed by atoms with E-state index in [0.717, 1.165) is 5.56 Å². The molecule has 0 saturated heterocycles. The van der Waals surface area contributed by atoms with Crippen LogP contribution >= 0.6 is 0 Å². The molecule has 0 radical (unpaired) electrons. The third-order valence-electron chi connectivity index (χ3n) is 2.75. The fourth-order valence-electron chi connectivity index (χ4n) is 1.75. The number of hydrogen-bond acceptors (Lipinski definition) is 5. The summed E-state index contributed by atoms with van der Waals surface area (Å²) in [7, 11) is 1.48. The van der Waals surface area contributed by atoms with Gasteiger partial charge in [-0.05, 0) is 29.8 Å². The van der Waals surface area contributed by atoms with Crippen molar-refractivity contribution in [2.45, 2.75) is 6.61 Å². The summed E-state index contributed by atoms with van der Waals surface area (Å²) in [6.45, 7) is 0.147. The van der Waals surface area contributed by atoms with Crippen molar-refractivity contribution in [2.75, 3.05) is 7.11 Å². The lowest BCUT2D eigenvalue weighted by molar-refractivity contribution is 0.0685. The molecule has 0 saturated carbocycles. The van der Waals surface area contributed by atoms with Crippen LogP contribution < -0.4 is 9.47 Å². The molecule has 1 aromatic carbocycles. The van der Waals surface area contributed by atoms with Crippen LogP contribution in [0.4, 0.5) is 0 Å². The number of carboxylic acid groups (broad SMARTS) is 1. The van der Waals surface area contributed by atoms with Gasteiger partial charge in [0.05, 0.1) is 12.7 Å². The number of rotatable bonds is 5. The van der Waals surface area contributed by atoms with Crippen molar-refractivity contribution < 1.29 is 19.4 Å². The highest BCUT2D eigenvalue weighted by Crippen LogP contribution is 2.21. The minimum absolute atomic E-state index is 0.141. The second-order valence-electron chi connectivity index (χ2n) is 4.09. The normalized spacial score (nSPS) is 9.71. The number of hydrogen-bond donors (Lipinski definition) is 1. The average Bonchev–Trinajstić information content (AvgIpc) is 2.52. The van der Waals surface area contributed by atoms with Gasteiger partial charge < -0.3 is 14.6 Å². The molecule has 0 amide bonds. The van der Waals surface area contributed by atoms with Gasteiger partial charge in [-0.15, -0.1) is 0 Å². The number of aromatic nitrogens is 1. The summed E-state index contributed by atoms with van der Waals surface area (Å²) in [5.74, 6) is -0.514. The SMILES string of the molecule is COc1cc(COc2cccnc2C(=O)O)ccc1C#N. The number of nitrogens with zero attached hydrogens (tertiary/aromatic N) is 2. The Bertz CT molecular complexity index is 707. The summed E-state index contributed by atoms with van der Waals surface area (Å²) < 4.78 is 10.6. The predicted octanol–water partition coefficient (Wildman–Crippen LogP) is 2.24. The number of benzene rings is 1. The van der Waals surface area contributed by atoms with Crippen molar-refractivity contribution >= 4 is 5.97 Å². The molecule has 0 unspecified atom stereocenters. The smallest absolute Gasteiger partial charge is 0.358 e. The first-order chi connectivity index (χ1) is 10.2. The molecule has 2 aromatic rings. The summed E-state index contributed by atoms with van der Waals surface area (Å²) in [5.41, 5.74) is 1.04. The van der Waals surface area contributed by atoms with Gasteiger partial charge in [0.15, 0.2) is 11.4 Å². The predicted molar refractivity (Wildman–Crippen MR) is 73.2 cm³/mol. The van der Waals surface area contributed by atoms with Crippen LogP contribution in [0.2, 0.25) is 0 Å². The quantitative estimate of drug-likeness (QED) is 0.905. The molecule has 21 heavy (non-hydrogen) atoms. The Kier molecular flexibility index (Phi) is 4.36. The van der Waals surface area contributed by atoms with Gasteiger partial charge >= 0.3 is 5.97 Å². The fourth-order valence-corrected chi connectivity index (χ4v) is 1.75. The molecule has 6 heteroatoms. The van der Waals surface area contributed by atoms with Gasteiger partial charge in [0.2, 0.25) is 0 Å². The van der Waals surface area contributed by atoms with Crippen molar-refractivity contribution in [1.29, 1.82) is 5.26 Å². The number of carboxylic acids is 1. The summed E-state index contributed by atoms with van der Waals surface area (Å²) >= 11 is 0. The Hall–Kier alpha value is -3.07.